The van der Waals surface area contributed by atoms with Gasteiger partial charge in [-0.1, -0.05) is 12.1 Å². The minimum Gasteiger partial charge on any atom is -0.506 e. The molecule has 0 amide bonds. The maximum atomic E-state index is 9.75. The largest absolute Gasteiger partial charge is 0.506 e. The Balaban J connectivity index is 1.68. The first-order valence-corrected chi connectivity index (χ1v) is 6.60. The molecule has 1 saturated heterocycles. The summed E-state index contributed by atoms with van der Waals surface area (Å²) in [6, 6.07) is 5.82. The number of phenolic OH excluding ortho intramolecular Hbond substituents is 1. The molecule has 3 rings (SSSR count). The molecule has 3 nitrogen and oxygen atoms in total. The van der Waals surface area contributed by atoms with Crippen molar-refractivity contribution >= 4 is 5.69 Å². The van der Waals surface area contributed by atoms with Crippen LogP contribution in [0.25, 0.3) is 0 Å². The van der Waals surface area contributed by atoms with E-state index in [4.69, 9.17) is 0 Å². The van der Waals surface area contributed by atoms with Crippen LogP contribution in [-0.2, 0) is 6.42 Å². The van der Waals surface area contributed by atoms with Gasteiger partial charge in [0, 0.05) is 13.1 Å². The van der Waals surface area contributed by atoms with Crippen LogP contribution in [0.2, 0.25) is 0 Å². The van der Waals surface area contributed by atoms with Gasteiger partial charge in [0.1, 0.15) is 5.75 Å². The van der Waals surface area contributed by atoms with Crippen LogP contribution in [0.3, 0.4) is 0 Å². The molecule has 2 N–H and O–H groups in total. The normalized spacial score (nSPS) is 24.4. The summed E-state index contributed by atoms with van der Waals surface area (Å²) in [6.07, 6.45) is 3.81. The van der Waals surface area contributed by atoms with E-state index in [0.29, 0.717) is 11.7 Å². The third-order valence-corrected chi connectivity index (χ3v) is 3.92. The zero-order valence-corrected chi connectivity index (χ0v) is 10.2. The molecular formula is C14H20N2O. The summed E-state index contributed by atoms with van der Waals surface area (Å²) < 4.78 is 0. The lowest BCUT2D eigenvalue weighted by Gasteiger charge is -2.29. The van der Waals surface area contributed by atoms with Gasteiger partial charge >= 0.3 is 0 Å². The Morgan fingerprint density at radius 1 is 1.29 bits per heavy atom. The molecule has 1 atom stereocenters. The van der Waals surface area contributed by atoms with E-state index >= 15 is 0 Å². The van der Waals surface area contributed by atoms with Gasteiger partial charge in [0.25, 0.3) is 0 Å². The molecule has 1 fully saturated rings. The second kappa shape index (κ2) is 4.57. The van der Waals surface area contributed by atoms with Crippen LogP contribution in [0, 0.1) is 5.92 Å². The summed E-state index contributed by atoms with van der Waals surface area (Å²) in [7, 11) is 0. The van der Waals surface area contributed by atoms with E-state index in [9.17, 15) is 5.11 Å². The maximum Gasteiger partial charge on any atom is 0.138 e. The van der Waals surface area contributed by atoms with Crippen LogP contribution in [0.15, 0.2) is 18.2 Å². The Morgan fingerprint density at radius 3 is 2.94 bits per heavy atom. The summed E-state index contributed by atoms with van der Waals surface area (Å²) in [5, 5.41) is 13.1. The number of para-hydroxylation sites is 1. The SMILES string of the molecule is Oc1cccc2c1NCC(CN1CCCC1)C2. The lowest BCUT2D eigenvalue weighted by atomic mass is 9.93. The summed E-state index contributed by atoms with van der Waals surface area (Å²) in [5.41, 5.74) is 2.21. The predicted molar refractivity (Wildman–Crippen MR) is 69.5 cm³/mol. The first-order valence-electron chi connectivity index (χ1n) is 6.60. The minimum absolute atomic E-state index is 0.391. The van der Waals surface area contributed by atoms with Crippen LogP contribution < -0.4 is 5.32 Å². The third kappa shape index (κ3) is 2.25. The Kier molecular flexibility index (Phi) is 2.93. The zero-order valence-electron chi connectivity index (χ0n) is 10.2. The summed E-state index contributed by atoms with van der Waals surface area (Å²) in [4.78, 5) is 2.57. The highest BCUT2D eigenvalue weighted by Gasteiger charge is 2.23. The summed E-state index contributed by atoms with van der Waals surface area (Å²) in [5.74, 6) is 1.07. The number of fused-ring (bicyclic) bond motifs is 1. The van der Waals surface area contributed by atoms with Crippen molar-refractivity contribution in [3.8, 4) is 5.75 Å². The highest BCUT2D eigenvalue weighted by Crippen LogP contribution is 2.32. The van der Waals surface area contributed by atoms with E-state index in [0.717, 1.165) is 18.7 Å². The smallest absolute Gasteiger partial charge is 0.138 e. The van der Waals surface area contributed by atoms with E-state index in [1.54, 1.807) is 6.07 Å². The molecule has 0 bridgehead atoms. The lowest BCUT2D eigenvalue weighted by Crippen LogP contribution is -2.34. The average Bonchev–Trinajstić information content (AvgIpc) is 2.82. The van der Waals surface area contributed by atoms with E-state index < -0.39 is 0 Å². The number of aromatic hydroxyl groups is 1. The third-order valence-electron chi connectivity index (χ3n) is 3.92. The van der Waals surface area contributed by atoms with Crippen LogP contribution in [0.5, 0.6) is 5.75 Å². The predicted octanol–water partition coefficient (Wildman–Crippen LogP) is 2.07. The number of nitrogens with one attached hydrogen (secondary N) is 1. The lowest BCUT2D eigenvalue weighted by molar-refractivity contribution is 0.280. The summed E-state index contributed by atoms with van der Waals surface area (Å²) >= 11 is 0. The van der Waals surface area contributed by atoms with Gasteiger partial charge in [-0.2, -0.15) is 0 Å². The molecule has 1 aromatic rings. The van der Waals surface area contributed by atoms with Gasteiger partial charge in [-0.05, 0) is 49.9 Å². The van der Waals surface area contributed by atoms with E-state index in [-0.39, 0.29) is 0 Å². The molecule has 2 aliphatic rings. The second-order valence-electron chi connectivity index (χ2n) is 5.27. The average molecular weight is 232 g/mol. The van der Waals surface area contributed by atoms with Crippen molar-refractivity contribution in [2.45, 2.75) is 19.3 Å². The molecule has 0 aliphatic carbocycles. The molecule has 2 aliphatic heterocycles. The number of phenols is 1. The molecule has 2 heterocycles. The van der Waals surface area contributed by atoms with Gasteiger partial charge < -0.3 is 15.3 Å². The first-order chi connectivity index (χ1) is 8.33. The summed E-state index contributed by atoms with van der Waals surface area (Å²) in [6.45, 7) is 4.72. The Bertz CT molecular complexity index is 399. The van der Waals surface area contributed by atoms with Crippen molar-refractivity contribution < 1.29 is 5.11 Å². The van der Waals surface area contributed by atoms with Crippen LogP contribution >= 0.6 is 0 Å². The molecule has 0 radical (unpaired) electrons. The van der Waals surface area contributed by atoms with Gasteiger partial charge in [-0.3, -0.25) is 0 Å². The number of likely N-dealkylation sites (tertiary alicyclic amines) is 1. The van der Waals surface area contributed by atoms with Crippen LogP contribution in [0.1, 0.15) is 18.4 Å². The number of nitrogens with zero attached hydrogens (tertiary/aromatic N) is 1. The van der Waals surface area contributed by atoms with Crippen molar-refractivity contribution in [2.75, 3.05) is 31.5 Å². The Morgan fingerprint density at radius 2 is 2.12 bits per heavy atom. The minimum atomic E-state index is 0.391. The van der Waals surface area contributed by atoms with E-state index in [2.05, 4.69) is 16.3 Å². The Hall–Kier alpha value is -1.22. The first kappa shape index (κ1) is 10.9. The topological polar surface area (TPSA) is 35.5 Å². The van der Waals surface area contributed by atoms with Crippen molar-refractivity contribution in [3.05, 3.63) is 23.8 Å². The fourth-order valence-corrected chi connectivity index (χ4v) is 3.05. The monoisotopic (exact) mass is 232 g/mol. The molecular weight excluding hydrogens is 212 g/mol. The van der Waals surface area contributed by atoms with Crippen LogP contribution in [0.4, 0.5) is 5.69 Å². The molecule has 0 aromatic heterocycles. The van der Waals surface area contributed by atoms with Crippen molar-refractivity contribution in [3.63, 3.8) is 0 Å². The number of benzene rings is 1. The van der Waals surface area contributed by atoms with Gasteiger partial charge in [0.2, 0.25) is 0 Å². The number of hydrogen-bond donors (Lipinski definition) is 2. The van der Waals surface area contributed by atoms with Crippen molar-refractivity contribution in [2.24, 2.45) is 5.92 Å². The van der Waals surface area contributed by atoms with Gasteiger partial charge in [-0.15, -0.1) is 0 Å². The fraction of sp³-hybridized carbons (Fsp3) is 0.571. The molecule has 3 heteroatoms. The maximum absolute atomic E-state index is 9.75. The highest BCUT2D eigenvalue weighted by atomic mass is 16.3. The number of rotatable bonds is 2. The van der Waals surface area contributed by atoms with E-state index in [1.165, 1.54) is 38.0 Å². The molecule has 1 aromatic carbocycles. The highest BCUT2D eigenvalue weighted by molar-refractivity contribution is 5.62. The quantitative estimate of drug-likeness (QED) is 0.766. The van der Waals surface area contributed by atoms with Gasteiger partial charge in [-0.25, -0.2) is 0 Å². The van der Waals surface area contributed by atoms with Gasteiger partial charge in [0.05, 0.1) is 5.69 Å². The van der Waals surface area contributed by atoms with Crippen molar-refractivity contribution in [1.82, 2.24) is 4.90 Å². The molecule has 1 unspecified atom stereocenters. The number of hydrogen-bond acceptors (Lipinski definition) is 3. The molecule has 0 spiro atoms. The standard InChI is InChI=1S/C14H20N2O/c17-13-5-3-4-12-8-11(9-15-14(12)13)10-16-6-1-2-7-16/h3-5,11,15,17H,1-2,6-10H2. The number of anilines is 1. The van der Waals surface area contributed by atoms with Crippen molar-refractivity contribution in [1.29, 1.82) is 0 Å². The Labute approximate surface area is 102 Å². The molecule has 0 saturated carbocycles. The van der Waals surface area contributed by atoms with Crippen LogP contribution in [-0.4, -0.2) is 36.2 Å². The molecule has 92 valence electrons. The van der Waals surface area contributed by atoms with E-state index in [1.807, 2.05) is 6.07 Å². The molecule has 17 heavy (non-hydrogen) atoms. The van der Waals surface area contributed by atoms with Gasteiger partial charge in [0.15, 0.2) is 0 Å². The zero-order chi connectivity index (χ0) is 11.7. The second-order valence-corrected chi connectivity index (χ2v) is 5.27. The fourth-order valence-electron chi connectivity index (χ4n) is 3.05.